The molecule has 3 aliphatic rings. The van der Waals surface area contributed by atoms with Gasteiger partial charge in [-0.2, -0.15) is 0 Å². The van der Waals surface area contributed by atoms with E-state index in [4.69, 9.17) is 20.6 Å². The van der Waals surface area contributed by atoms with Crippen LogP contribution in [0.5, 0.6) is 5.75 Å². The first kappa shape index (κ1) is 24.6. The number of hydrogen-bond donors (Lipinski definition) is 3. The van der Waals surface area contributed by atoms with Crippen molar-refractivity contribution in [3.8, 4) is 5.75 Å². The summed E-state index contributed by atoms with van der Waals surface area (Å²) < 4.78 is 11.8. The molecule has 0 saturated carbocycles. The molecule has 3 aromatic rings. The maximum atomic E-state index is 12.8. The van der Waals surface area contributed by atoms with Crippen LogP contribution >= 0.6 is 0 Å². The van der Waals surface area contributed by atoms with Crippen LogP contribution in [-0.4, -0.2) is 54.0 Å². The number of ether oxygens (including phenoxy) is 2. The molecule has 3 aliphatic heterocycles. The van der Waals surface area contributed by atoms with Gasteiger partial charge in [-0.25, -0.2) is 0 Å². The maximum Gasteiger partial charge on any atom is 0.251 e. The molecule has 3 fully saturated rings. The fourth-order valence-electron chi connectivity index (χ4n) is 6.09. The molecule has 2 bridgehead atoms. The molecule has 6 rings (SSSR count). The van der Waals surface area contributed by atoms with E-state index in [1.54, 1.807) is 18.2 Å². The average Bonchev–Trinajstić information content (AvgIpc) is 3.15. The molecule has 196 valence electrons. The third-order valence-electron chi connectivity index (χ3n) is 8.11. The Balaban J connectivity index is 1.09. The van der Waals surface area contributed by atoms with E-state index in [0.29, 0.717) is 41.5 Å². The van der Waals surface area contributed by atoms with E-state index in [1.165, 1.54) is 12.8 Å². The number of nitrogens with two attached hydrogens (primary N) is 1. The minimum Gasteiger partial charge on any atom is -0.490 e. The van der Waals surface area contributed by atoms with E-state index in [2.05, 4.69) is 10.2 Å². The highest BCUT2D eigenvalue weighted by atomic mass is 16.5. The predicted molar refractivity (Wildman–Crippen MR) is 148 cm³/mol. The van der Waals surface area contributed by atoms with Gasteiger partial charge in [-0.05, 0) is 73.7 Å². The van der Waals surface area contributed by atoms with Crippen LogP contribution in [0.3, 0.4) is 0 Å². The molecule has 2 unspecified atom stereocenters. The van der Waals surface area contributed by atoms with Crippen molar-refractivity contribution in [3.05, 3.63) is 95.1 Å². The lowest BCUT2D eigenvalue weighted by Gasteiger charge is -2.46. The van der Waals surface area contributed by atoms with Crippen molar-refractivity contribution in [3.63, 3.8) is 0 Å². The lowest BCUT2D eigenvalue weighted by Crippen LogP contribution is -2.57. The fraction of sp³-hybridized carbons (Fsp3) is 0.355. The number of fused-ring (bicyclic) bond motifs is 2. The van der Waals surface area contributed by atoms with Crippen molar-refractivity contribution in [1.82, 2.24) is 10.2 Å². The molecule has 4 N–H and O–H groups in total. The lowest BCUT2D eigenvalue weighted by atomic mass is 9.96. The van der Waals surface area contributed by atoms with E-state index in [1.807, 2.05) is 54.6 Å². The molecule has 38 heavy (non-hydrogen) atoms. The summed E-state index contributed by atoms with van der Waals surface area (Å²) >= 11 is 0. The number of anilines is 1. The normalized spacial score (nSPS) is 23.0. The van der Waals surface area contributed by atoms with Crippen molar-refractivity contribution < 1.29 is 14.3 Å². The van der Waals surface area contributed by atoms with E-state index in [0.717, 1.165) is 42.9 Å². The topological polar surface area (TPSA) is 101 Å². The van der Waals surface area contributed by atoms with E-state index in [9.17, 15) is 4.79 Å². The molecule has 0 radical (unpaired) electrons. The Morgan fingerprint density at radius 2 is 1.63 bits per heavy atom. The zero-order chi connectivity index (χ0) is 26.1. The van der Waals surface area contributed by atoms with Crippen LogP contribution in [0.15, 0.2) is 72.8 Å². The summed E-state index contributed by atoms with van der Waals surface area (Å²) in [6.45, 7) is 2.18. The third-order valence-corrected chi connectivity index (χ3v) is 8.11. The molecule has 1 amide bonds. The number of amides is 1. The van der Waals surface area contributed by atoms with Crippen LogP contribution in [0.2, 0.25) is 0 Å². The molecule has 0 spiro atoms. The molecule has 0 aliphatic carbocycles. The molecule has 3 saturated heterocycles. The highest BCUT2D eigenvalue weighted by molar-refractivity contribution is 6.14. The number of carbonyl (C=O) groups is 1. The fourth-order valence-corrected chi connectivity index (χ4v) is 6.09. The Morgan fingerprint density at radius 3 is 2.29 bits per heavy atom. The van der Waals surface area contributed by atoms with Crippen molar-refractivity contribution in [2.45, 2.75) is 56.5 Å². The minimum absolute atomic E-state index is 0.198. The largest absolute Gasteiger partial charge is 0.490 e. The lowest BCUT2D eigenvalue weighted by molar-refractivity contribution is -0.102. The van der Waals surface area contributed by atoms with Gasteiger partial charge in [0.1, 0.15) is 11.9 Å². The molecule has 0 aromatic heterocycles. The average molecular weight is 511 g/mol. The molecular weight excluding hydrogens is 476 g/mol. The van der Waals surface area contributed by atoms with Gasteiger partial charge in [0.2, 0.25) is 0 Å². The standard InChI is InChI=1S/C31H34N4O3/c32-29-13-8-22(31(36)34-17-20-4-2-1-3-5-20)14-28(29)30(33)21-6-11-26(12-7-21)38-27-15-23-9-10-24(16-27)35(23)25-18-37-19-25/h1-8,11-14,23-25,27,33H,9-10,15-19,32H2,(H,34,36). The Hall–Kier alpha value is -3.68. The Bertz CT molecular complexity index is 1290. The van der Waals surface area contributed by atoms with Gasteiger partial charge >= 0.3 is 0 Å². The van der Waals surface area contributed by atoms with Crippen LogP contribution in [-0.2, 0) is 11.3 Å². The molecule has 3 aromatic carbocycles. The summed E-state index contributed by atoms with van der Waals surface area (Å²) in [6, 6.07) is 24.3. The van der Waals surface area contributed by atoms with Gasteiger partial charge in [0.25, 0.3) is 5.91 Å². The molecular formula is C31H34N4O3. The van der Waals surface area contributed by atoms with Crippen molar-refractivity contribution in [1.29, 1.82) is 5.41 Å². The molecule has 7 nitrogen and oxygen atoms in total. The number of nitrogens with one attached hydrogen (secondary N) is 2. The first-order chi connectivity index (χ1) is 18.5. The number of hydrogen-bond acceptors (Lipinski definition) is 6. The summed E-state index contributed by atoms with van der Waals surface area (Å²) in [5.41, 5.74) is 9.73. The highest BCUT2D eigenvalue weighted by Gasteiger charge is 2.46. The van der Waals surface area contributed by atoms with Crippen LogP contribution in [0.4, 0.5) is 5.69 Å². The van der Waals surface area contributed by atoms with Crippen LogP contribution < -0.4 is 15.8 Å². The van der Waals surface area contributed by atoms with E-state index < -0.39 is 0 Å². The summed E-state index contributed by atoms with van der Waals surface area (Å²) in [6.07, 6.45) is 4.83. The highest BCUT2D eigenvalue weighted by Crippen LogP contribution is 2.40. The SMILES string of the molecule is N=C(c1ccc(OC2CC3CCC(C2)N3C2COC2)cc1)c1cc(C(=O)NCc2ccccc2)ccc1N. The number of nitrogens with zero attached hydrogens (tertiary/aromatic N) is 1. The third kappa shape index (κ3) is 5.04. The Morgan fingerprint density at radius 1 is 0.947 bits per heavy atom. The number of rotatable bonds is 8. The second-order valence-electron chi connectivity index (χ2n) is 10.6. The summed E-state index contributed by atoms with van der Waals surface area (Å²) in [4.78, 5) is 15.4. The molecule has 3 heterocycles. The monoisotopic (exact) mass is 510 g/mol. The summed E-state index contributed by atoms with van der Waals surface area (Å²) in [7, 11) is 0. The van der Waals surface area contributed by atoms with Gasteiger partial charge in [0, 0.05) is 41.0 Å². The number of carbonyl (C=O) groups excluding carboxylic acids is 1. The van der Waals surface area contributed by atoms with Crippen LogP contribution in [0.1, 0.15) is 52.7 Å². The smallest absolute Gasteiger partial charge is 0.251 e. The van der Waals surface area contributed by atoms with Gasteiger partial charge in [-0.15, -0.1) is 0 Å². The van der Waals surface area contributed by atoms with Crippen LogP contribution in [0, 0.1) is 5.41 Å². The first-order valence-electron chi connectivity index (χ1n) is 13.5. The van der Waals surface area contributed by atoms with Gasteiger partial charge in [0.05, 0.1) is 25.0 Å². The van der Waals surface area contributed by atoms with Crippen LogP contribution in [0.25, 0.3) is 0 Å². The maximum absolute atomic E-state index is 12.8. The second-order valence-corrected chi connectivity index (χ2v) is 10.6. The quantitative estimate of drug-likeness (QED) is 0.308. The van der Waals surface area contributed by atoms with E-state index in [-0.39, 0.29) is 17.7 Å². The summed E-state index contributed by atoms with van der Waals surface area (Å²) in [5, 5.41) is 11.7. The second kappa shape index (κ2) is 10.6. The van der Waals surface area contributed by atoms with Crippen molar-refractivity contribution in [2.24, 2.45) is 0 Å². The van der Waals surface area contributed by atoms with Crippen molar-refractivity contribution >= 4 is 17.3 Å². The molecule has 2 atom stereocenters. The number of piperidine rings is 1. The predicted octanol–water partition coefficient (Wildman–Crippen LogP) is 4.39. The zero-order valence-corrected chi connectivity index (χ0v) is 21.4. The van der Waals surface area contributed by atoms with Gasteiger partial charge in [-0.1, -0.05) is 30.3 Å². The number of nitrogen functional groups attached to an aromatic ring is 1. The Labute approximate surface area is 223 Å². The van der Waals surface area contributed by atoms with Gasteiger partial charge in [0.15, 0.2) is 0 Å². The van der Waals surface area contributed by atoms with Gasteiger partial charge in [-0.3, -0.25) is 15.1 Å². The number of benzene rings is 3. The van der Waals surface area contributed by atoms with Crippen molar-refractivity contribution in [2.75, 3.05) is 18.9 Å². The zero-order valence-electron chi connectivity index (χ0n) is 21.4. The summed E-state index contributed by atoms with van der Waals surface area (Å²) in [5.74, 6) is 0.630. The van der Waals surface area contributed by atoms with Gasteiger partial charge < -0.3 is 20.5 Å². The Kier molecular flexibility index (Phi) is 6.87. The minimum atomic E-state index is -0.198. The first-order valence-corrected chi connectivity index (χ1v) is 13.5. The van der Waals surface area contributed by atoms with E-state index >= 15 is 0 Å². The molecule has 7 heteroatoms.